The van der Waals surface area contributed by atoms with Crippen LogP contribution < -0.4 is 9.47 Å². The number of hydrogen-bond acceptors (Lipinski definition) is 6. The minimum Gasteiger partial charge on any atom is -0.463 e. The number of carbonyl (C=O) groups is 2. The first-order chi connectivity index (χ1) is 16.4. The van der Waals surface area contributed by atoms with Crippen LogP contribution in [0.25, 0.3) is 20.2 Å². The van der Waals surface area contributed by atoms with Crippen molar-refractivity contribution in [2.45, 2.75) is 25.4 Å². The van der Waals surface area contributed by atoms with Gasteiger partial charge in [-0.1, -0.05) is 25.3 Å². The highest BCUT2D eigenvalue weighted by Crippen LogP contribution is 2.49. The molecule has 12 heteroatoms. The van der Waals surface area contributed by atoms with Gasteiger partial charge in [0.15, 0.2) is 0 Å². The summed E-state index contributed by atoms with van der Waals surface area (Å²) >= 11 is 0.432. The van der Waals surface area contributed by atoms with Crippen LogP contribution in [0, 0.1) is 0 Å². The normalized spacial score (nSPS) is 11.9. The van der Waals surface area contributed by atoms with Gasteiger partial charge in [-0.2, -0.15) is 13.2 Å². The van der Waals surface area contributed by atoms with Crippen LogP contribution in [0.15, 0.2) is 49.6 Å². The summed E-state index contributed by atoms with van der Waals surface area (Å²) in [4.78, 5) is 22.7. The van der Waals surface area contributed by atoms with E-state index >= 15 is 0 Å². The van der Waals surface area contributed by atoms with E-state index < -0.39 is 46.2 Å². The second kappa shape index (κ2) is 9.98. The predicted molar refractivity (Wildman–Crippen MR) is 116 cm³/mol. The van der Waals surface area contributed by atoms with Gasteiger partial charge >= 0.3 is 24.5 Å². The number of aryl methyl sites for hydroxylation is 1. The highest BCUT2D eigenvalue weighted by atomic mass is 32.1. The molecule has 5 nitrogen and oxygen atoms in total. The van der Waals surface area contributed by atoms with Crippen molar-refractivity contribution in [1.29, 1.82) is 0 Å². The Balaban J connectivity index is 2.18. The lowest BCUT2D eigenvalue weighted by Crippen LogP contribution is -2.18. The van der Waals surface area contributed by atoms with Crippen LogP contribution in [-0.2, 0) is 26.9 Å². The Bertz CT molecular complexity index is 1310. The van der Waals surface area contributed by atoms with Crippen LogP contribution >= 0.6 is 11.3 Å². The Morgan fingerprint density at radius 2 is 1.54 bits per heavy atom. The fourth-order valence-corrected chi connectivity index (χ4v) is 4.69. The van der Waals surface area contributed by atoms with E-state index in [0.717, 1.165) is 12.1 Å². The van der Waals surface area contributed by atoms with Gasteiger partial charge in [-0.25, -0.2) is 9.59 Å². The summed E-state index contributed by atoms with van der Waals surface area (Å²) < 4.78 is 94.6. The average Bonchev–Trinajstić information content (AvgIpc) is 3.14. The second-order valence-corrected chi connectivity index (χ2v) is 8.01. The number of halogens is 6. The standard InChI is InChI=1S/C23H16F6O5S/c1-3-16(30)32-11-5-6-12-7-8-14-13-9-10-15(33-17(31)4-2)18(22(24,25)26)20(13)35-21(14)19(12)34-23(27,28)29/h3-4,7-10H,1-2,5-6,11H2. The first kappa shape index (κ1) is 26.1. The topological polar surface area (TPSA) is 61.8 Å². The third-order valence-electron chi connectivity index (χ3n) is 4.69. The van der Waals surface area contributed by atoms with Crippen molar-refractivity contribution in [3.05, 3.63) is 60.7 Å². The number of fused-ring (bicyclic) bond motifs is 3. The van der Waals surface area contributed by atoms with E-state index in [1.54, 1.807) is 0 Å². The summed E-state index contributed by atoms with van der Waals surface area (Å²) in [6.07, 6.45) is -8.39. The van der Waals surface area contributed by atoms with E-state index in [0.29, 0.717) is 17.4 Å². The van der Waals surface area contributed by atoms with Crippen LogP contribution in [0.3, 0.4) is 0 Å². The minimum absolute atomic E-state index is 0.00853. The Morgan fingerprint density at radius 3 is 2.14 bits per heavy atom. The van der Waals surface area contributed by atoms with Crippen molar-refractivity contribution < 1.29 is 50.1 Å². The quantitative estimate of drug-likeness (QED) is 0.109. The molecule has 3 rings (SSSR count). The van der Waals surface area contributed by atoms with Gasteiger partial charge in [0.25, 0.3) is 0 Å². The van der Waals surface area contributed by atoms with E-state index in [2.05, 4.69) is 17.9 Å². The molecule has 0 N–H and O–H groups in total. The van der Waals surface area contributed by atoms with Crippen LogP contribution in [0.1, 0.15) is 17.5 Å². The highest BCUT2D eigenvalue weighted by Gasteiger charge is 2.39. The molecule has 0 unspecified atom stereocenters. The fourth-order valence-electron chi connectivity index (χ4n) is 3.32. The molecule has 35 heavy (non-hydrogen) atoms. The van der Waals surface area contributed by atoms with Gasteiger partial charge in [0.1, 0.15) is 17.1 Å². The molecule has 0 atom stereocenters. The molecule has 0 bridgehead atoms. The van der Waals surface area contributed by atoms with Gasteiger partial charge in [-0.05, 0) is 30.5 Å². The zero-order valence-corrected chi connectivity index (χ0v) is 18.5. The number of benzene rings is 2. The van der Waals surface area contributed by atoms with Crippen LogP contribution in [0.4, 0.5) is 26.3 Å². The zero-order valence-electron chi connectivity index (χ0n) is 17.7. The highest BCUT2D eigenvalue weighted by molar-refractivity contribution is 7.26. The number of esters is 2. The molecular formula is C23H16F6O5S. The van der Waals surface area contributed by atoms with E-state index in [1.807, 2.05) is 0 Å². The lowest BCUT2D eigenvalue weighted by molar-refractivity contribution is -0.274. The number of thiophene rings is 1. The SMILES string of the molecule is C=CC(=O)OCCCc1ccc2c(sc3c(C(F)(F)F)c(OC(=O)C=C)ccc32)c1OC(F)(F)F. The summed E-state index contributed by atoms with van der Waals surface area (Å²) in [5.41, 5.74) is -1.25. The van der Waals surface area contributed by atoms with Crippen molar-refractivity contribution >= 4 is 43.4 Å². The molecule has 0 aliphatic carbocycles. The number of alkyl halides is 6. The Morgan fingerprint density at radius 1 is 0.914 bits per heavy atom. The zero-order chi connectivity index (χ0) is 26.0. The van der Waals surface area contributed by atoms with Crippen molar-refractivity contribution in [1.82, 2.24) is 0 Å². The van der Waals surface area contributed by atoms with E-state index in [4.69, 9.17) is 9.47 Å². The van der Waals surface area contributed by atoms with Crippen LogP contribution in [-0.4, -0.2) is 24.9 Å². The molecule has 0 aliphatic heterocycles. The molecule has 3 aromatic rings. The third kappa shape index (κ3) is 5.94. The molecule has 0 spiro atoms. The fraction of sp³-hybridized carbons (Fsp3) is 0.217. The Hall–Kier alpha value is -3.54. The predicted octanol–water partition coefficient (Wildman–Crippen LogP) is 6.73. The van der Waals surface area contributed by atoms with Crippen LogP contribution in [0.5, 0.6) is 11.5 Å². The molecule has 0 radical (unpaired) electrons. The van der Waals surface area contributed by atoms with Crippen molar-refractivity contribution in [3.63, 3.8) is 0 Å². The number of ether oxygens (including phenoxy) is 3. The summed E-state index contributed by atoms with van der Waals surface area (Å²) in [6.45, 7) is 6.25. The van der Waals surface area contributed by atoms with Gasteiger partial charge in [-0.15, -0.1) is 24.5 Å². The third-order valence-corrected chi connectivity index (χ3v) is 5.92. The molecule has 0 saturated heterocycles. The van der Waals surface area contributed by atoms with Gasteiger partial charge in [-0.3, -0.25) is 0 Å². The van der Waals surface area contributed by atoms with Crippen molar-refractivity contribution in [3.8, 4) is 11.5 Å². The molecule has 0 saturated carbocycles. The average molecular weight is 518 g/mol. The number of hydrogen-bond donors (Lipinski definition) is 0. The van der Waals surface area contributed by atoms with Crippen molar-refractivity contribution in [2.24, 2.45) is 0 Å². The van der Waals surface area contributed by atoms with Gasteiger partial charge < -0.3 is 14.2 Å². The first-order valence-corrected chi connectivity index (χ1v) is 10.6. The number of rotatable bonds is 8. The molecule has 2 aromatic carbocycles. The minimum atomic E-state index is -5.12. The van der Waals surface area contributed by atoms with Gasteiger partial charge in [0.2, 0.25) is 0 Å². The summed E-state index contributed by atoms with van der Waals surface area (Å²) in [5.74, 6) is -3.28. The smallest absolute Gasteiger partial charge is 0.463 e. The lowest BCUT2D eigenvalue weighted by Gasteiger charge is -2.14. The monoisotopic (exact) mass is 518 g/mol. The molecule has 1 heterocycles. The molecule has 0 fully saturated rings. The first-order valence-electron chi connectivity index (χ1n) is 9.83. The molecule has 0 amide bonds. The number of carbonyl (C=O) groups excluding carboxylic acids is 2. The van der Waals surface area contributed by atoms with E-state index in [1.165, 1.54) is 18.2 Å². The van der Waals surface area contributed by atoms with Crippen molar-refractivity contribution in [2.75, 3.05) is 6.61 Å². The molecule has 1 aromatic heterocycles. The molecule has 186 valence electrons. The van der Waals surface area contributed by atoms with Gasteiger partial charge in [0, 0.05) is 22.9 Å². The van der Waals surface area contributed by atoms with Gasteiger partial charge in [0.05, 0.1) is 16.0 Å². The maximum absolute atomic E-state index is 13.9. The largest absolute Gasteiger partial charge is 0.573 e. The summed E-state index contributed by atoms with van der Waals surface area (Å²) in [7, 11) is 0. The maximum Gasteiger partial charge on any atom is 0.573 e. The summed E-state index contributed by atoms with van der Waals surface area (Å²) in [5, 5.41) is 0.104. The molecular weight excluding hydrogens is 502 g/mol. The summed E-state index contributed by atoms with van der Waals surface area (Å²) in [6, 6.07) is 4.84. The maximum atomic E-state index is 13.9. The second-order valence-electron chi connectivity index (χ2n) is 6.99. The van der Waals surface area contributed by atoms with Crippen LogP contribution in [0.2, 0.25) is 0 Å². The van der Waals surface area contributed by atoms with E-state index in [9.17, 15) is 35.9 Å². The molecule has 0 aliphatic rings. The van der Waals surface area contributed by atoms with E-state index in [-0.39, 0.29) is 40.5 Å². The Kier molecular flexibility index (Phi) is 7.44. The lowest BCUT2D eigenvalue weighted by atomic mass is 10.0. The Labute approximate surface area is 198 Å².